The van der Waals surface area contributed by atoms with Crippen LogP contribution in [0, 0.1) is 0 Å². The first kappa shape index (κ1) is 12.1. The van der Waals surface area contributed by atoms with Crippen LogP contribution in [-0.2, 0) is 9.53 Å². The Bertz CT molecular complexity index is 159. The molecule has 0 rings (SSSR count). The molecular formula is C9H17NO3. The first-order chi connectivity index (χ1) is 6.24. The van der Waals surface area contributed by atoms with E-state index in [4.69, 9.17) is 5.11 Å². The van der Waals surface area contributed by atoms with Gasteiger partial charge in [-0.1, -0.05) is 6.08 Å². The molecule has 0 fully saturated rings. The van der Waals surface area contributed by atoms with Gasteiger partial charge < -0.3 is 15.2 Å². The first-order valence-corrected chi connectivity index (χ1v) is 4.28. The van der Waals surface area contributed by atoms with E-state index in [1.165, 1.54) is 7.11 Å². The van der Waals surface area contributed by atoms with Crippen LogP contribution in [-0.4, -0.2) is 37.4 Å². The van der Waals surface area contributed by atoms with Gasteiger partial charge in [-0.3, -0.25) is 4.79 Å². The second kappa shape index (κ2) is 7.76. The zero-order chi connectivity index (χ0) is 10.1. The second-order valence-electron chi connectivity index (χ2n) is 2.67. The molecule has 0 bridgehead atoms. The van der Waals surface area contributed by atoms with Crippen LogP contribution in [0.2, 0.25) is 0 Å². The highest BCUT2D eigenvalue weighted by molar-refractivity contribution is 5.71. The summed E-state index contributed by atoms with van der Waals surface area (Å²) in [7, 11) is 1.35. The van der Waals surface area contributed by atoms with Crippen LogP contribution >= 0.6 is 0 Å². The summed E-state index contributed by atoms with van der Waals surface area (Å²) >= 11 is 0. The van der Waals surface area contributed by atoms with E-state index >= 15 is 0 Å². The lowest BCUT2D eigenvalue weighted by Crippen LogP contribution is -2.32. The normalized spacial score (nSPS) is 12.2. The fraction of sp³-hybridized carbons (Fsp3) is 0.667. The molecule has 0 spiro atoms. The van der Waals surface area contributed by atoms with Crippen molar-refractivity contribution in [1.29, 1.82) is 0 Å². The van der Waals surface area contributed by atoms with Crippen LogP contribution in [0.4, 0.5) is 0 Å². The number of carbonyl (C=O) groups is 1. The van der Waals surface area contributed by atoms with E-state index in [0.717, 1.165) is 6.42 Å². The Morgan fingerprint density at radius 3 is 2.92 bits per heavy atom. The zero-order valence-corrected chi connectivity index (χ0v) is 7.95. The number of hydrogen-bond donors (Lipinski definition) is 2. The molecular weight excluding hydrogens is 170 g/mol. The Labute approximate surface area is 78.6 Å². The number of carbonyl (C=O) groups excluding carboxylic acids is 1. The van der Waals surface area contributed by atoms with Crippen molar-refractivity contribution in [3.8, 4) is 0 Å². The predicted octanol–water partition coefficient (Wildman–Crippen LogP) is 0.0761. The van der Waals surface area contributed by atoms with Gasteiger partial charge in [0, 0.05) is 12.6 Å². The molecule has 0 aliphatic heterocycles. The monoisotopic (exact) mass is 187 g/mol. The van der Waals surface area contributed by atoms with Crippen LogP contribution in [0.5, 0.6) is 0 Å². The van der Waals surface area contributed by atoms with Gasteiger partial charge in [-0.2, -0.15) is 0 Å². The predicted molar refractivity (Wildman–Crippen MR) is 50.3 cm³/mol. The third-order valence-electron chi connectivity index (χ3n) is 1.69. The maximum atomic E-state index is 10.7. The van der Waals surface area contributed by atoms with Crippen molar-refractivity contribution in [3.05, 3.63) is 12.7 Å². The molecule has 1 atom stereocenters. The highest BCUT2D eigenvalue weighted by Gasteiger charge is 2.05. The topological polar surface area (TPSA) is 58.6 Å². The number of ether oxygens (including phenoxy) is 1. The molecule has 0 aliphatic rings. The molecule has 0 aromatic carbocycles. The average Bonchev–Trinajstić information content (AvgIpc) is 2.17. The number of esters is 1. The SMILES string of the molecule is C=CC(CCCO)NCC(=O)OC. The molecule has 13 heavy (non-hydrogen) atoms. The van der Waals surface area contributed by atoms with E-state index in [9.17, 15) is 4.79 Å². The van der Waals surface area contributed by atoms with Gasteiger partial charge in [0.2, 0.25) is 0 Å². The molecule has 1 unspecified atom stereocenters. The van der Waals surface area contributed by atoms with Gasteiger partial charge in [0.1, 0.15) is 0 Å². The summed E-state index contributed by atoms with van der Waals surface area (Å²) in [4.78, 5) is 10.7. The lowest BCUT2D eigenvalue weighted by atomic mass is 10.1. The van der Waals surface area contributed by atoms with E-state index < -0.39 is 0 Å². The summed E-state index contributed by atoms with van der Waals surface area (Å²) in [5.74, 6) is -0.296. The summed E-state index contributed by atoms with van der Waals surface area (Å²) in [5.41, 5.74) is 0. The third-order valence-corrected chi connectivity index (χ3v) is 1.69. The van der Waals surface area contributed by atoms with Crippen LogP contribution in [0.1, 0.15) is 12.8 Å². The van der Waals surface area contributed by atoms with E-state index in [0.29, 0.717) is 6.42 Å². The molecule has 76 valence electrons. The minimum atomic E-state index is -0.296. The first-order valence-electron chi connectivity index (χ1n) is 4.28. The van der Waals surface area contributed by atoms with Gasteiger partial charge in [0.05, 0.1) is 13.7 Å². The summed E-state index contributed by atoms with van der Waals surface area (Å²) in [5, 5.41) is 11.5. The third kappa shape index (κ3) is 6.31. The summed E-state index contributed by atoms with van der Waals surface area (Å²) < 4.78 is 4.46. The van der Waals surface area contributed by atoms with Crippen molar-refractivity contribution < 1.29 is 14.6 Å². The van der Waals surface area contributed by atoms with E-state index in [2.05, 4.69) is 16.6 Å². The van der Waals surface area contributed by atoms with Gasteiger partial charge >= 0.3 is 5.97 Å². The molecule has 2 N–H and O–H groups in total. The second-order valence-corrected chi connectivity index (χ2v) is 2.67. The van der Waals surface area contributed by atoms with Gasteiger partial charge in [-0.05, 0) is 12.8 Å². The zero-order valence-electron chi connectivity index (χ0n) is 7.95. The van der Waals surface area contributed by atoms with Crippen LogP contribution in [0.25, 0.3) is 0 Å². The fourth-order valence-corrected chi connectivity index (χ4v) is 0.901. The van der Waals surface area contributed by atoms with Crippen molar-refractivity contribution in [1.82, 2.24) is 5.32 Å². The van der Waals surface area contributed by atoms with Crippen molar-refractivity contribution >= 4 is 5.97 Å². The largest absolute Gasteiger partial charge is 0.468 e. The average molecular weight is 187 g/mol. The molecule has 4 nitrogen and oxygen atoms in total. The molecule has 0 aliphatic carbocycles. The molecule has 0 saturated heterocycles. The Morgan fingerprint density at radius 1 is 1.77 bits per heavy atom. The minimum Gasteiger partial charge on any atom is -0.468 e. The van der Waals surface area contributed by atoms with Crippen LogP contribution in [0.3, 0.4) is 0 Å². The molecule has 0 aromatic rings. The smallest absolute Gasteiger partial charge is 0.319 e. The number of aliphatic hydroxyl groups is 1. The summed E-state index contributed by atoms with van der Waals surface area (Å²) in [6, 6.07) is 0.0613. The Kier molecular flexibility index (Phi) is 7.24. The Balaban J connectivity index is 3.58. The summed E-state index contributed by atoms with van der Waals surface area (Å²) in [6.45, 7) is 3.96. The van der Waals surface area contributed by atoms with Gasteiger partial charge in [0.25, 0.3) is 0 Å². The number of methoxy groups -OCH3 is 1. The van der Waals surface area contributed by atoms with Crippen LogP contribution < -0.4 is 5.32 Å². The lowest BCUT2D eigenvalue weighted by molar-refractivity contribution is -0.139. The van der Waals surface area contributed by atoms with Gasteiger partial charge in [0.15, 0.2) is 0 Å². The number of rotatable bonds is 7. The summed E-state index contributed by atoms with van der Waals surface area (Å²) in [6.07, 6.45) is 3.19. The molecule has 0 heterocycles. The molecule has 4 heteroatoms. The Morgan fingerprint density at radius 2 is 2.46 bits per heavy atom. The highest BCUT2D eigenvalue weighted by atomic mass is 16.5. The molecule has 0 aromatic heterocycles. The molecule has 0 amide bonds. The van der Waals surface area contributed by atoms with Crippen molar-refractivity contribution in [2.45, 2.75) is 18.9 Å². The van der Waals surface area contributed by atoms with Gasteiger partial charge in [-0.25, -0.2) is 0 Å². The van der Waals surface area contributed by atoms with E-state index in [1.54, 1.807) is 6.08 Å². The number of hydrogen-bond acceptors (Lipinski definition) is 4. The quantitative estimate of drug-likeness (QED) is 0.437. The van der Waals surface area contributed by atoms with E-state index in [1.807, 2.05) is 0 Å². The number of nitrogens with one attached hydrogen (secondary N) is 1. The van der Waals surface area contributed by atoms with Gasteiger partial charge in [-0.15, -0.1) is 6.58 Å². The number of aliphatic hydroxyl groups excluding tert-OH is 1. The van der Waals surface area contributed by atoms with Crippen molar-refractivity contribution in [3.63, 3.8) is 0 Å². The fourth-order valence-electron chi connectivity index (χ4n) is 0.901. The van der Waals surface area contributed by atoms with E-state index in [-0.39, 0.29) is 25.2 Å². The van der Waals surface area contributed by atoms with Crippen LogP contribution in [0.15, 0.2) is 12.7 Å². The molecule has 0 radical (unpaired) electrons. The standard InChI is InChI=1S/C9H17NO3/c1-3-8(5-4-6-11)10-7-9(12)13-2/h3,8,10-11H,1,4-7H2,2H3. The maximum Gasteiger partial charge on any atom is 0.319 e. The van der Waals surface area contributed by atoms with Crippen molar-refractivity contribution in [2.75, 3.05) is 20.3 Å². The Hall–Kier alpha value is -0.870. The minimum absolute atomic E-state index is 0.0613. The molecule has 0 saturated carbocycles. The maximum absolute atomic E-state index is 10.7. The lowest BCUT2D eigenvalue weighted by Gasteiger charge is -2.12. The highest BCUT2D eigenvalue weighted by Crippen LogP contribution is 1.96. The van der Waals surface area contributed by atoms with Crippen molar-refractivity contribution in [2.24, 2.45) is 0 Å².